The molecule has 0 unspecified atom stereocenters. The first-order valence-electron chi connectivity index (χ1n) is 16.5. The molecule has 0 amide bonds. The van der Waals surface area contributed by atoms with Gasteiger partial charge in [0, 0.05) is 32.6 Å². The first-order chi connectivity index (χ1) is 23.8. The van der Waals surface area contributed by atoms with Crippen LogP contribution in [0, 0.1) is 0 Å². The van der Waals surface area contributed by atoms with Gasteiger partial charge in [0.2, 0.25) is 0 Å². The molecule has 1 aliphatic rings. The third kappa shape index (κ3) is 3.45. The van der Waals surface area contributed by atoms with Gasteiger partial charge in [-0.05, 0) is 88.0 Å². The van der Waals surface area contributed by atoms with Crippen molar-refractivity contribution in [3.05, 3.63) is 164 Å². The molecule has 3 nitrogen and oxygen atoms in total. The monoisotopic (exact) mass is 609 g/mol. The smallest absolute Gasteiger partial charge is 0.138 e. The summed E-state index contributed by atoms with van der Waals surface area (Å²) in [6.07, 6.45) is 0. The van der Waals surface area contributed by atoms with Gasteiger partial charge < -0.3 is 4.57 Å². The standard InChI is InChI=1S/C45H27N3/c1-2-11-30(12-3-1)47-40-19-8-6-15-33(40)35-23-21-29(26-43(35)47)28-22-24-42-37(25-28)34-16-7-9-20-41(34)48(42)44-27-38-32-14-5-4-13-31(32)36-17-10-18-39(46-44)45(36)38/h1-27H. The van der Waals surface area contributed by atoms with E-state index in [1.807, 2.05) is 0 Å². The van der Waals surface area contributed by atoms with Gasteiger partial charge in [0.15, 0.2) is 0 Å². The van der Waals surface area contributed by atoms with Crippen molar-refractivity contribution in [1.82, 2.24) is 14.1 Å². The third-order valence-corrected chi connectivity index (χ3v) is 10.3. The molecule has 3 aromatic heterocycles. The molecule has 0 radical (unpaired) electrons. The van der Waals surface area contributed by atoms with E-state index < -0.39 is 0 Å². The Morgan fingerprint density at radius 2 is 0.958 bits per heavy atom. The highest BCUT2D eigenvalue weighted by Crippen LogP contribution is 2.47. The summed E-state index contributed by atoms with van der Waals surface area (Å²) in [7, 11) is 0. The molecule has 3 heterocycles. The van der Waals surface area contributed by atoms with E-state index in [0.717, 1.165) is 22.4 Å². The lowest BCUT2D eigenvalue weighted by atomic mass is 10.0. The molecule has 0 fully saturated rings. The van der Waals surface area contributed by atoms with Crippen LogP contribution in [-0.2, 0) is 0 Å². The molecule has 0 N–H and O–H groups in total. The van der Waals surface area contributed by atoms with E-state index in [4.69, 9.17) is 4.98 Å². The Hall–Kier alpha value is -6.45. The fourth-order valence-electron chi connectivity index (χ4n) is 8.18. The summed E-state index contributed by atoms with van der Waals surface area (Å²) in [4.78, 5) is 5.30. The highest BCUT2D eigenvalue weighted by atomic mass is 15.1. The highest BCUT2D eigenvalue weighted by Gasteiger charge is 2.24. The van der Waals surface area contributed by atoms with Gasteiger partial charge in [0.1, 0.15) is 5.82 Å². The maximum atomic E-state index is 5.30. The Bertz CT molecular complexity index is 2940. The highest BCUT2D eigenvalue weighted by molar-refractivity contribution is 6.16. The van der Waals surface area contributed by atoms with Crippen LogP contribution in [0.4, 0.5) is 0 Å². The molecule has 7 aromatic carbocycles. The van der Waals surface area contributed by atoms with E-state index in [-0.39, 0.29) is 0 Å². The van der Waals surface area contributed by atoms with Crippen molar-refractivity contribution in [2.24, 2.45) is 0 Å². The number of aromatic nitrogens is 3. The van der Waals surface area contributed by atoms with Crippen molar-refractivity contribution in [3.8, 4) is 44.9 Å². The molecule has 1 aliphatic carbocycles. The van der Waals surface area contributed by atoms with Crippen LogP contribution in [0.3, 0.4) is 0 Å². The minimum atomic E-state index is 0.944. The normalized spacial score (nSPS) is 12.2. The first-order valence-corrected chi connectivity index (χ1v) is 16.5. The second kappa shape index (κ2) is 9.54. The van der Waals surface area contributed by atoms with Crippen LogP contribution < -0.4 is 0 Å². The van der Waals surface area contributed by atoms with Crippen LogP contribution in [0.5, 0.6) is 0 Å². The van der Waals surface area contributed by atoms with E-state index in [9.17, 15) is 0 Å². The van der Waals surface area contributed by atoms with Gasteiger partial charge in [-0.15, -0.1) is 0 Å². The minimum absolute atomic E-state index is 0.944. The molecule has 222 valence electrons. The van der Waals surface area contributed by atoms with Gasteiger partial charge >= 0.3 is 0 Å². The SMILES string of the molecule is c1ccc(-n2c3ccccc3c3ccc(-c4ccc5c(c4)c4ccccc4n5-c4cc5c6c(cccc6n4)-c4ccccc4-5)cc32)cc1. The van der Waals surface area contributed by atoms with Crippen molar-refractivity contribution >= 4 is 54.5 Å². The maximum Gasteiger partial charge on any atom is 0.138 e. The van der Waals surface area contributed by atoms with Gasteiger partial charge in [-0.1, -0.05) is 109 Å². The molecule has 0 saturated heterocycles. The van der Waals surface area contributed by atoms with Crippen molar-refractivity contribution in [3.63, 3.8) is 0 Å². The number of nitrogens with zero attached hydrogens (tertiary/aromatic N) is 3. The number of fused-ring (bicyclic) bond motifs is 9. The summed E-state index contributed by atoms with van der Waals surface area (Å²) in [6.45, 7) is 0. The molecule has 0 saturated carbocycles. The van der Waals surface area contributed by atoms with Crippen LogP contribution in [0.2, 0.25) is 0 Å². The van der Waals surface area contributed by atoms with E-state index in [1.165, 1.54) is 77.0 Å². The van der Waals surface area contributed by atoms with Gasteiger partial charge in [0.25, 0.3) is 0 Å². The summed E-state index contributed by atoms with van der Waals surface area (Å²) in [5.41, 5.74) is 14.4. The molecule has 0 atom stereocenters. The molecule has 48 heavy (non-hydrogen) atoms. The number of benzene rings is 7. The number of hydrogen-bond acceptors (Lipinski definition) is 1. The molecule has 3 heteroatoms. The number of pyridine rings is 1. The fraction of sp³-hybridized carbons (Fsp3) is 0. The summed E-state index contributed by atoms with van der Waals surface area (Å²) in [6, 6.07) is 59.4. The molecule has 10 aromatic rings. The molecule has 0 bridgehead atoms. The molecule has 11 rings (SSSR count). The van der Waals surface area contributed by atoms with E-state index >= 15 is 0 Å². The Kier molecular flexibility index (Phi) is 5.11. The number of rotatable bonds is 3. The predicted molar refractivity (Wildman–Crippen MR) is 200 cm³/mol. The molecule has 0 aliphatic heterocycles. The van der Waals surface area contributed by atoms with Crippen LogP contribution in [0.25, 0.3) is 99.4 Å². The zero-order valence-electron chi connectivity index (χ0n) is 25.9. The van der Waals surface area contributed by atoms with E-state index in [2.05, 4.69) is 173 Å². The second-order valence-corrected chi connectivity index (χ2v) is 12.8. The number of para-hydroxylation sites is 3. The zero-order chi connectivity index (χ0) is 31.3. The summed E-state index contributed by atoms with van der Waals surface area (Å²) < 4.78 is 4.73. The van der Waals surface area contributed by atoms with Gasteiger partial charge in [0.05, 0.1) is 27.6 Å². The van der Waals surface area contributed by atoms with Crippen LogP contribution >= 0.6 is 0 Å². The number of hydrogen-bond donors (Lipinski definition) is 0. The molecular weight excluding hydrogens is 583 g/mol. The van der Waals surface area contributed by atoms with Crippen molar-refractivity contribution in [1.29, 1.82) is 0 Å². The lowest BCUT2D eigenvalue weighted by molar-refractivity contribution is 1.10. The van der Waals surface area contributed by atoms with E-state index in [1.54, 1.807) is 0 Å². The van der Waals surface area contributed by atoms with Gasteiger partial charge in [-0.2, -0.15) is 0 Å². The topological polar surface area (TPSA) is 22.8 Å². The van der Waals surface area contributed by atoms with E-state index in [0.29, 0.717) is 0 Å². The third-order valence-electron chi connectivity index (χ3n) is 10.3. The van der Waals surface area contributed by atoms with Gasteiger partial charge in [-0.25, -0.2) is 4.98 Å². The Labute approximate surface area is 276 Å². The molecular formula is C45H27N3. The Morgan fingerprint density at radius 1 is 0.354 bits per heavy atom. The maximum absolute atomic E-state index is 5.30. The van der Waals surface area contributed by atoms with Crippen molar-refractivity contribution in [2.45, 2.75) is 0 Å². The Morgan fingerprint density at radius 3 is 1.79 bits per heavy atom. The first kappa shape index (κ1) is 25.7. The zero-order valence-corrected chi connectivity index (χ0v) is 25.9. The Balaban J connectivity index is 1.14. The van der Waals surface area contributed by atoms with Crippen LogP contribution in [-0.4, -0.2) is 14.1 Å². The summed E-state index contributed by atoms with van der Waals surface area (Å²) >= 11 is 0. The van der Waals surface area contributed by atoms with Crippen molar-refractivity contribution < 1.29 is 0 Å². The fourth-order valence-corrected chi connectivity index (χ4v) is 8.18. The summed E-state index contributed by atoms with van der Waals surface area (Å²) in [5.74, 6) is 0.944. The lowest BCUT2D eigenvalue weighted by Crippen LogP contribution is -1.98. The largest absolute Gasteiger partial charge is 0.309 e. The average Bonchev–Trinajstić information content (AvgIpc) is 3.78. The average molecular weight is 610 g/mol. The lowest BCUT2D eigenvalue weighted by Gasteiger charge is -2.11. The predicted octanol–water partition coefficient (Wildman–Crippen LogP) is 11.7. The van der Waals surface area contributed by atoms with Crippen molar-refractivity contribution in [2.75, 3.05) is 0 Å². The summed E-state index contributed by atoms with van der Waals surface area (Å²) in [5, 5.41) is 6.22. The second-order valence-electron chi connectivity index (χ2n) is 12.8. The minimum Gasteiger partial charge on any atom is -0.309 e. The van der Waals surface area contributed by atoms with Crippen LogP contribution in [0.15, 0.2) is 164 Å². The van der Waals surface area contributed by atoms with Crippen LogP contribution in [0.1, 0.15) is 0 Å². The quantitative estimate of drug-likeness (QED) is 0.195. The van der Waals surface area contributed by atoms with Gasteiger partial charge in [-0.3, -0.25) is 4.57 Å². The molecule has 0 spiro atoms.